The minimum atomic E-state index is -0.615. The molecule has 172 valence electrons. The lowest BCUT2D eigenvalue weighted by Gasteiger charge is -2.16. The molecule has 0 saturated heterocycles. The Labute approximate surface area is 198 Å². The summed E-state index contributed by atoms with van der Waals surface area (Å²) in [6, 6.07) is 13.7. The van der Waals surface area contributed by atoms with E-state index in [2.05, 4.69) is 22.4 Å². The number of fused-ring (bicyclic) bond motifs is 3. The van der Waals surface area contributed by atoms with Crippen LogP contribution in [0.25, 0.3) is 33.3 Å². The minimum Gasteiger partial charge on any atom is -0.393 e. The second kappa shape index (κ2) is 8.64. The van der Waals surface area contributed by atoms with Crippen molar-refractivity contribution in [1.82, 2.24) is 24.4 Å². The van der Waals surface area contributed by atoms with Gasteiger partial charge in [0.25, 0.3) is 0 Å². The molecule has 0 amide bonds. The maximum absolute atomic E-state index is 13.3. The quantitative estimate of drug-likeness (QED) is 0.447. The van der Waals surface area contributed by atoms with Gasteiger partial charge in [0, 0.05) is 25.9 Å². The van der Waals surface area contributed by atoms with E-state index in [4.69, 9.17) is 4.98 Å². The number of nitriles is 1. The Balaban J connectivity index is 2.02. The van der Waals surface area contributed by atoms with Gasteiger partial charge in [-0.1, -0.05) is 23.8 Å². The second-order valence-corrected chi connectivity index (χ2v) is 9.13. The molecule has 0 atom stereocenters. The molecular formula is C27H28N6O. The molecule has 1 N–H and O–H groups in total. The van der Waals surface area contributed by atoms with Crippen LogP contribution in [0.1, 0.15) is 39.0 Å². The molecule has 3 heterocycles. The smallest absolute Gasteiger partial charge is 0.333 e. The van der Waals surface area contributed by atoms with E-state index in [0.717, 1.165) is 22.4 Å². The number of aromatic nitrogens is 4. The van der Waals surface area contributed by atoms with E-state index >= 15 is 0 Å². The summed E-state index contributed by atoms with van der Waals surface area (Å²) in [6.07, 6.45) is 5.68. The van der Waals surface area contributed by atoms with Gasteiger partial charge >= 0.3 is 5.69 Å². The predicted octanol–water partition coefficient (Wildman–Crippen LogP) is 4.60. The molecule has 0 aliphatic heterocycles. The Hall–Kier alpha value is -4.18. The number of imidazole rings is 1. The maximum Gasteiger partial charge on any atom is 0.333 e. The van der Waals surface area contributed by atoms with Crippen LogP contribution in [0, 0.1) is 11.3 Å². The van der Waals surface area contributed by atoms with Crippen molar-refractivity contribution in [2.24, 2.45) is 7.05 Å². The van der Waals surface area contributed by atoms with E-state index in [1.54, 1.807) is 22.4 Å². The Morgan fingerprint density at radius 2 is 1.85 bits per heavy atom. The molecule has 34 heavy (non-hydrogen) atoms. The zero-order chi connectivity index (χ0) is 24.6. The van der Waals surface area contributed by atoms with Gasteiger partial charge in [0.2, 0.25) is 0 Å². The van der Waals surface area contributed by atoms with Crippen molar-refractivity contribution in [3.63, 3.8) is 0 Å². The van der Waals surface area contributed by atoms with Crippen LogP contribution in [0.2, 0.25) is 0 Å². The highest BCUT2D eigenvalue weighted by atomic mass is 16.1. The summed E-state index contributed by atoms with van der Waals surface area (Å²) < 4.78 is 3.26. The summed E-state index contributed by atoms with van der Waals surface area (Å²) in [6.45, 7) is 7.83. The number of nitrogens with zero attached hydrogens (tertiary/aromatic N) is 5. The standard InChI is InChI=1S/C27H28N6O/c1-17(2)13-18(14-29-5)21-11-12-22-24(31-21)25-23(15-30-22)32(6)26(34)33(25)20-9-7-19(8-10-20)27(3,4)16-28/h7-15,29H,1-6H3/b18-14+. The number of benzene rings is 1. The fourth-order valence-corrected chi connectivity index (χ4v) is 4.01. The number of allylic oxidation sites excluding steroid dienone is 3. The molecule has 1 aromatic carbocycles. The molecular weight excluding hydrogens is 424 g/mol. The van der Waals surface area contributed by atoms with Crippen LogP contribution in [-0.4, -0.2) is 26.1 Å². The summed E-state index contributed by atoms with van der Waals surface area (Å²) >= 11 is 0. The first kappa shape index (κ1) is 23.0. The first-order chi connectivity index (χ1) is 16.2. The third-order valence-electron chi connectivity index (χ3n) is 5.90. The number of nitrogens with one attached hydrogen (secondary N) is 1. The van der Waals surface area contributed by atoms with Gasteiger partial charge in [-0.3, -0.25) is 14.1 Å². The normalized spacial score (nSPS) is 12.1. The molecule has 4 rings (SSSR count). The molecule has 0 fully saturated rings. The molecule has 0 aliphatic rings. The van der Waals surface area contributed by atoms with Gasteiger partial charge in [-0.05, 0) is 57.5 Å². The molecule has 0 spiro atoms. The van der Waals surface area contributed by atoms with Crippen LogP contribution >= 0.6 is 0 Å². The first-order valence-corrected chi connectivity index (χ1v) is 11.1. The average Bonchev–Trinajstić information content (AvgIpc) is 3.08. The van der Waals surface area contributed by atoms with E-state index in [1.807, 2.05) is 77.3 Å². The Bertz CT molecular complexity index is 1560. The van der Waals surface area contributed by atoms with E-state index < -0.39 is 5.41 Å². The van der Waals surface area contributed by atoms with Crippen molar-refractivity contribution in [3.8, 4) is 11.8 Å². The van der Waals surface area contributed by atoms with Crippen molar-refractivity contribution >= 4 is 27.6 Å². The molecule has 7 nitrogen and oxygen atoms in total. The molecule has 4 aromatic rings. The molecule has 0 unspecified atom stereocenters. The van der Waals surface area contributed by atoms with Gasteiger partial charge in [0.15, 0.2) is 0 Å². The number of hydrogen-bond acceptors (Lipinski definition) is 5. The van der Waals surface area contributed by atoms with Crippen molar-refractivity contribution in [3.05, 3.63) is 82.2 Å². The van der Waals surface area contributed by atoms with Crippen LogP contribution in [-0.2, 0) is 12.5 Å². The molecule has 0 saturated carbocycles. The number of aryl methyl sites for hydroxylation is 1. The van der Waals surface area contributed by atoms with E-state index in [9.17, 15) is 10.1 Å². The summed E-state index contributed by atoms with van der Waals surface area (Å²) in [5.41, 5.74) is 6.44. The zero-order valence-electron chi connectivity index (χ0n) is 20.3. The second-order valence-electron chi connectivity index (χ2n) is 9.13. The van der Waals surface area contributed by atoms with Gasteiger partial charge < -0.3 is 5.32 Å². The van der Waals surface area contributed by atoms with Crippen LogP contribution < -0.4 is 11.0 Å². The van der Waals surface area contributed by atoms with Gasteiger partial charge in [0.1, 0.15) is 11.0 Å². The lowest BCUT2D eigenvalue weighted by molar-refractivity contribution is 0.686. The van der Waals surface area contributed by atoms with E-state index in [0.29, 0.717) is 27.8 Å². The summed E-state index contributed by atoms with van der Waals surface area (Å²) in [4.78, 5) is 22.8. The van der Waals surface area contributed by atoms with Crippen molar-refractivity contribution in [2.45, 2.75) is 33.1 Å². The highest BCUT2D eigenvalue weighted by molar-refractivity contribution is 6.01. The summed E-state index contributed by atoms with van der Waals surface area (Å²) in [5.74, 6) is 0. The molecule has 3 aromatic heterocycles. The third-order valence-corrected chi connectivity index (χ3v) is 5.90. The van der Waals surface area contributed by atoms with Gasteiger partial charge in [-0.25, -0.2) is 9.78 Å². The monoisotopic (exact) mass is 452 g/mol. The Morgan fingerprint density at radius 3 is 2.47 bits per heavy atom. The van der Waals surface area contributed by atoms with E-state index in [1.165, 1.54) is 0 Å². The van der Waals surface area contributed by atoms with Gasteiger partial charge in [0.05, 0.1) is 40.1 Å². The minimum absolute atomic E-state index is 0.181. The lowest BCUT2D eigenvalue weighted by atomic mass is 9.86. The fraction of sp³-hybridized carbons (Fsp3) is 0.259. The molecule has 0 bridgehead atoms. The molecule has 0 aliphatic carbocycles. The maximum atomic E-state index is 13.3. The number of rotatable bonds is 5. The predicted molar refractivity (Wildman–Crippen MR) is 137 cm³/mol. The van der Waals surface area contributed by atoms with E-state index in [-0.39, 0.29) is 5.69 Å². The lowest BCUT2D eigenvalue weighted by Crippen LogP contribution is -2.21. The zero-order valence-corrected chi connectivity index (χ0v) is 20.3. The van der Waals surface area contributed by atoms with Crippen LogP contribution in [0.15, 0.2) is 65.2 Å². The number of pyridine rings is 2. The topological polar surface area (TPSA) is 88.5 Å². The van der Waals surface area contributed by atoms with Crippen LogP contribution in [0.5, 0.6) is 0 Å². The first-order valence-electron chi connectivity index (χ1n) is 11.1. The van der Waals surface area contributed by atoms with Gasteiger partial charge in [-0.15, -0.1) is 0 Å². The third kappa shape index (κ3) is 3.88. The van der Waals surface area contributed by atoms with Crippen molar-refractivity contribution in [2.75, 3.05) is 7.05 Å². The fourth-order valence-electron chi connectivity index (χ4n) is 4.01. The molecule has 0 radical (unpaired) electrons. The summed E-state index contributed by atoms with van der Waals surface area (Å²) in [5, 5.41) is 12.6. The SMILES string of the molecule is CN/C=C(\C=C(C)C)c1ccc2ncc3c(c2n1)n(-c1ccc(C(C)(C)C#N)cc1)c(=O)n3C. The Kier molecular flexibility index (Phi) is 5.84. The summed E-state index contributed by atoms with van der Waals surface area (Å²) in [7, 11) is 3.59. The van der Waals surface area contributed by atoms with Crippen LogP contribution in [0.3, 0.4) is 0 Å². The van der Waals surface area contributed by atoms with Crippen molar-refractivity contribution < 1.29 is 0 Å². The van der Waals surface area contributed by atoms with Crippen molar-refractivity contribution in [1.29, 1.82) is 5.26 Å². The number of hydrogen-bond donors (Lipinski definition) is 1. The van der Waals surface area contributed by atoms with Crippen LogP contribution in [0.4, 0.5) is 0 Å². The van der Waals surface area contributed by atoms with Gasteiger partial charge in [-0.2, -0.15) is 5.26 Å². The average molecular weight is 453 g/mol. The Morgan fingerprint density at radius 1 is 1.15 bits per heavy atom. The highest BCUT2D eigenvalue weighted by Gasteiger charge is 2.21. The highest BCUT2D eigenvalue weighted by Crippen LogP contribution is 2.28. The largest absolute Gasteiger partial charge is 0.393 e. The molecule has 7 heteroatoms.